The van der Waals surface area contributed by atoms with Gasteiger partial charge in [-0.1, -0.05) is 30.2 Å². The molecule has 0 bridgehead atoms. The van der Waals surface area contributed by atoms with Crippen LogP contribution >= 0.6 is 0 Å². The van der Waals surface area contributed by atoms with E-state index in [0.717, 1.165) is 30.4 Å². The molecule has 1 aliphatic rings. The van der Waals surface area contributed by atoms with Crippen LogP contribution in [0.1, 0.15) is 53.2 Å². The lowest BCUT2D eigenvalue weighted by Crippen LogP contribution is -2.42. The van der Waals surface area contributed by atoms with E-state index in [4.69, 9.17) is 4.74 Å². The molecule has 6 nitrogen and oxygen atoms in total. The summed E-state index contributed by atoms with van der Waals surface area (Å²) in [7, 11) is -2.32. The molecule has 2 aromatic rings. The predicted octanol–water partition coefficient (Wildman–Crippen LogP) is 3.81. The molecule has 7 heteroatoms. The molecule has 3 rings (SSSR count). The molecule has 0 spiro atoms. The smallest absolute Gasteiger partial charge is 0.251 e. The van der Waals surface area contributed by atoms with E-state index in [1.54, 1.807) is 12.1 Å². The number of sulfonamides is 1. The lowest BCUT2D eigenvalue weighted by Gasteiger charge is -2.32. The Hall–Kier alpha value is -2.38. The SMILES string of the molecule is COc1ccc(C(=O)NCc2ccc(C)cc2C)cc1S(=O)(=O)N1CCCCC1C. The van der Waals surface area contributed by atoms with Gasteiger partial charge < -0.3 is 10.1 Å². The fourth-order valence-corrected chi connectivity index (χ4v) is 5.78. The van der Waals surface area contributed by atoms with Gasteiger partial charge in [-0.3, -0.25) is 4.79 Å². The Morgan fingerprint density at radius 3 is 2.60 bits per heavy atom. The van der Waals surface area contributed by atoms with Crippen molar-refractivity contribution in [1.82, 2.24) is 9.62 Å². The maximum Gasteiger partial charge on any atom is 0.251 e. The molecule has 1 amide bonds. The van der Waals surface area contributed by atoms with Crippen LogP contribution in [0.5, 0.6) is 5.75 Å². The van der Waals surface area contributed by atoms with E-state index in [0.29, 0.717) is 18.7 Å². The molecule has 162 valence electrons. The summed E-state index contributed by atoms with van der Waals surface area (Å²) in [5.74, 6) is -0.0699. The highest BCUT2D eigenvalue weighted by Gasteiger charge is 2.33. The second kappa shape index (κ2) is 9.18. The Bertz CT molecular complexity index is 1030. The Labute approximate surface area is 179 Å². The van der Waals surface area contributed by atoms with Crippen LogP contribution in [0.25, 0.3) is 0 Å². The monoisotopic (exact) mass is 430 g/mol. The number of carbonyl (C=O) groups excluding carboxylic acids is 1. The zero-order chi connectivity index (χ0) is 21.9. The van der Waals surface area contributed by atoms with Gasteiger partial charge in [0.25, 0.3) is 5.91 Å². The third kappa shape index (κ3) is 4.68. The summed E-state index contributed by atoms with van der Waals surface area (Å²) in [6.45, 7) is 6.81. The van der Waals surface area contributed by atoms with Crippen molar-refractivity contribution in [2.45, 2.75) is 57.5 Å². The number of rotatable bonds is 6. The van der Waals surface area contributed by atoms with Gasteiger partial charge in [-0.25, -0.2) is 8.42 Å². The fourth-order valence-electron chi connectivity index (χ4n) is 3.90. The van der Waals surface area contributed by atoms with Gasteiger partial charge in [0.15, 0.2) is 0 Å². The molecule has 1 N–H and O–H groups in total. The number of piperidine rings is 1. The number of hydrogen-bond donors (Lipinski definition) is 1. The van der Waals surface area contributed by atoms with E-state index >= 15 is 0 Å². The minimum absolute atomic E-state index is 0.0397. The lowest BCUT2D eigenvalue weighted by molar-refractivity contribution is 0.0950. The highest BCUT2D eigenvalue weighted by atomic mass is 32.2. The lowest BCUT2D eigenvalue weighted by atomic mass is 10.1. The van der Waals surface area contributed by atoms with Crippen LogP contribution in [-0.4, -0.2) is 38.3 Å². The number of nitrogens with one attached hydrogen (secondary N) is 1. The second-order valence-electron chi connectivity index (χ2n) is 7.94. The molecule has 0 saturated carbocycles. The highest BCUT2D eigenvalue weighted by molar-refractivity contribution is 7.89. The van der Waals surface area contributed by atoms with Crippen molar-refractivity contribution in [2.24, 2.45) is 0 Å². The summed E-state index contributed by atoms with van der Waals surface area (Å²) in [4.78, 5) is 12.8. The average molecular weight is 431 g/mol. The Morgan fingerprint density at radius 2 is 1.93 bits per heavy atom. The third-order valence-electron chi connectivity index (χ3n) is 5.69. The molecule has 1 saturated heterocycles. The van der Waals surface area contributed by atoms with E-state index in [-0.39, 0.29) is 22.6 Å². The molecule has 1 unspecified atom stereocenters. The van der Waals surface area contributed by atoms with Crippen LogP contribution in [0.4, 0.5) is 0 Å². The van der Waals surface area contributed by atoms with E-state index in [1.165, 1.54) is 23.0 Å². The van der Waals surface area contributed by atoms with Crippen molar-refractivity contribution in [3.8, 4) is 5.75 Å². The van der Waals surface area contributed by atoms with Crippen molar-refractivity contribution >= 4 is 15.9 Å². The first kappa shape index (κ1) is 22.3. The number of amides is 1. The third-order valence-corrected chi connectivity index (χ3v) is 7.73. The van der Waals surface area contributed by atoms with Gasteiger partial charge >= 0.3 is 0 Å². The van der Waals surface area contributed by atoms with Gasteiger partial charge in [-0.05, 0) is 62.9 Å². The van der Waals surface area contributed by atoms with Crippen LogP contribution in [0.2, 0.25) is 0 Å². The normalized spacial score (nSPS) is 17.5. The summed E-state index contributed by atoms with van der Waals surface area (Å²) in [5, 5.41) is 2.89. The largest absolute Gasteiger partial charge is 0.495 e. The molecular formula is C23H30N2O4S. The summed E-state index contributed by atoms with van der Waals surface area (Å²) < 4.78 is 33.5. The van der Waals surface area contributed by atoms with Crippen molar-refractivity contribution in [2.75, 3.05) is 13.7 Å². The quantitative estimate of drug-likeness (QED) is 0.756. The number of methoxy groups -OCH3 is 1. The number of benzene rings is 2. The van der Waals surface area contributed by atoms with Crippen molar-refractivity contribution < 1.29 is 17.9 Å². The number of aryl methyl sites for hydroxylation is 2. The first-order valence-electron chi connectivity index (χ1n) is 10.3. The van der Waals surface area contributed by atoms with Crippen LogP contribution in [0, 0.1) is 13.8 Å². The molecule has 30 heavy (non-hydrogen) atoms. The van der Waals surface area contributed by atoms with Gasteiger partial charge in [0, 0.05) is 24.7 Å². The Kier molecular flexibility index (Phi) is 6.83. The molecular weight excluding hydrogens is 400 g/mol. The topological polar surface area (TPSA) is 75.7 Å². The average Bonchev–Trinajstić information content (AvgIpc) is 2.72. The zero-order valence-corrected chi connectivity index (χ0v) is 18.9. The summed E-state index contributed by atoms with van der Waals surface area (Å²) in [6, 6.07) is 10.6. The summed E-state index contributed by atoms with van der Waals surface area (Å²) in [5.41, 5.74) is 3.59. The number of carbonyl (C=O) groups is 1. The van der Waals surface area contributed by atoms with Gasteiger partial charge in [0.1, 0.15) is 10.6 Å². The van der Waals surface area contributed by atoms with E-state index in [1.807, 2.05) is 32.9 Å². The van der Waals surface area contributed by atoms with Gasteiger partial charge in [-0.15, -0.1) is 0 Å². The minimum atomic E-state index is -3.76. The molecule has 1 atom stereocenters. The first-order chi connectivity index (χ1) is 14.2. The number of hydrogen-bond acceptors (Lipinski definition) is 4. The van der Waals surface area contributed by atoms with Crippen LogP contribution < -0.4 is 10.1 Å². The molecule has 0 aliphatic carbocycles. The van der Waals surface area contributed by atoms with Crippen molar-refractivity contribution in [3.63, 3.8) is 0 Å². The van der Waals surface area contributed by atoms with Gasteiger partial charge in [-0.2, -0.15) is 4.31 Å². The zero-order valence-electron chi connectivity index (χ0n) is 18.1. The van der Waals surface area contributed by atoms with Crippen LogP contribution in [-0.2, 0) is 16.6 Å². The maximum absolute atomic E-state index is 13.3. The summed E-state index contributed by atoms with van der Waals surface area (Å²) in [6.07, 6.45) is 2.69. The van der Waals surface area contributed by atoms with E-state index in [2.05, 4.69) is 11.4 Å². The second-order valence-corrected chi connectivity index (χ2v) is 9.80. The predicted molar refractivity (Wildman–Crippen MR) is 117 cm³/mol. The maximum atomic E-state index is 13.3. The first-order valence-corrected chi connectivity index (χ1v) is 11.7. The number of nitrogens with zero attached hydrogens (tertiary/aromatic N) is 1. The number of ether oxygens (including phenoxy) is 1. The molecule has 0 radical (unpaired) electrons. The minimum Gasteiger partial charge on any atom is -0.495 e. The van der Waals surface area contributed by atoms with Crippen molar-refractivity contribution in [1.29, 1.82) is 0 Å². The molecule has 0 aromatic heterocycles. The molecule has 2 aromatic carbocycles. The summed E-state index contributed by atoms with van der Waals surface area (Å²) >= 11 is 0. The standard InChI is InChI=1S/C23H30N2O4S/c1-16-8-9-20(17(2)13-16)15-24-23(26)19-10-11-21(29-4)22(14-19)30(27,28)25-12-6-5-7-18(25)3/h8-11,13-14,18H,5-7,12,15H2,1-4H3,(H,24,26). The molecule has 1 aliphatic heterocycles. The fraction of sp³-hybridized carbons (Fsp3) is 0.435. The van der Waals surface area contributed by atoms with Crippen molar-refractivity contribution in [3.05, 3.63) is 58.7 Å². The molecule has 1 fully saturated rings. The Balaban J connectivity index is 1.85. The van der Waals surface area contributed by atoms with E-state index < -0.39 is 10.0 Å². The van der Waals surface area contributed by atoms with Gasteiger partial charge in [0.2, 0.25) is 10.0 Å². The highest BCUT2D eigenvalue weighted by Crippen LogP contribution is 2.31. The van der Waals surface area contributed by atoms with Crippen LogP contribution in [0.15, 0.2) is 41.3 Å². The molecule has 1 heterocycles. The van der Waals surface area contributed by atoms with Crippen LogP contribution in [0.3, 0.4) is 0 Å². The van der Waals surface area contributed by atoms with Gasteiger partial charge in [0.05, 0.1) is 7.11 Å². The Morgan fingerprint density at radius 1 is 1.17 bits per heavy atom. The van der Waals surface area contributed by atoms with E-state index in [9.17, 15) is 13.2 Å².